The summed E-state index contributed by atoms with van der Waals surface area (Å²) in [4.78, 5) is 40.6. The number of Topliss-reactive ketones (excluding diaryl/α,β-unsaturated/α-hetero) is 1. The van der Waals surface area contributed by atoms with Crippen LogP contribution in [0.3, 0.4) is 0 Å². The van der Waals surface area contributed by atoms with Crippen molar-refractivity contribution in [3.8, 4) is 0 Å². The molecule has 5 fully saturated rings. The standard InChI is InChI=1S/C24H31FO6.C22H24ClN3O.ClH/c1-20(2)30-19-10-16-15-6-5-13-9-14(27)7-8-21(13,3)23(15,25)17(28)11-22(16,4)24(19,31-20)18(29)12-26;1-25-13-4-5-18(12-14-25)26-22(27)20-7-3-2-6-19(20)21(24-26)15-16-8-10-17(23)11-9-16;/h7-9,15-17,19,26,28H,5-6,10-12H2,1-4H3;2-3,6-11,18H,4-5,12-15H2,1H3;1H/t15-,16-,17-,19+,21-,22-,23-,24+;;/m0../s1. The third kappa shape index (κ3) is 6.97. The largest absolute Gasteiger partial charge is 0.390 e. The fourth-order valence-electron chi connectivity index (χ4n) is 11.8. The minimum atomic E-state index is -1.98. The maximum absolute atomic E-state index is 17.1. The van der Waals surface area contributed by atoms with E-state index in [2.05, 4.69) is 11.9 Å². The molecule has 2 aliphatic heterocycles. The van der Waals surface area contributed by atoms with Crippen molar-refractivity contribution >= 4 is 46.3 Å². The zero-order valence-corrected chi connectivity index (χ0v) is 36.0. The van der Waals surface area contributed by atoms with Crippen LogP contribution >= 0.6 is 24.0 Å². The Labute approximate surface area is 356 Å². The van der Waals surface area contributed by atoms with E-state index in [1.807, 2.05) is 55.5 Å². The summed E-state index contributed by atoms with van der Waals surface area (Å²) in [6.45, 7) is 8.49. The molecule has 0 spiro atoms. The third-order valence-electron chi connectivity index (χ3n) is 14.6. The molecular formula is C46H56Cl2FN3O7. The van der Waals surface area contributed by atoms with Gasteiger partial charge >= 0.3 is 0 Å². The lowest BCUT2D eigenvalue weighted by Crippen LogP contribution is -2.70. The van der Waals surface area contributed by atoms with Crippen molar-refractivity contribution in [2.75, 3.05) is 26.7 Å². The van der Waals surface area contributed by atoms with E-state index in [1.165, 1.54) is 12.2 Å². The lowest BCUT2D eigenvalue weighted by atomic mass is 9.44. The molecule has 318 valence electrons. The quantitative estimate of drug-likeness (QED) is 0.275. The Morgan fingerprint density at radius 2 is 1.71 bits per heavy atom. The summed E-state index contributed by atoms with van der Waals surface area (Å²) in [5.74, 6) is -2.46. The average molecular weight is 853 g/mol. The van der Waals surface area contributed by atoms with Crippen molar-refractivity contribution in [1.82, 2.24) is 14.7 Å². The number of likely N-dealkylation sites (tertiary alicyclic amines) is 1. The fraction of sp³-hybridized carbons (Fsp3) is 0.565. The van der Waals surface area contributed by atoms with E-state index in [4.69, 9.17) is 26.2 Å². The number of carbonyl (C=O) groups is 2. The molecule has 0 radical (unpaired) electrons. The van der Waals surface area contributed by atoms with E-state index in [1.54, 1.807) is 31.5 Å². The first-order chi connectivity index (χ1) is 27.5. The van der Waals surface area contributed by atoms with Crippen LogP contribution in [-0.4, -0.2) is 92.5 Å². The molecule has 2 aromatic carbocycles. The molecule has 59 heavy (non-hydrogen) atoms. The van der Waals surface area contributed by atoms with Crippen molar-refractivity contribution in [2.45, 2.75) is 114 Å². The second-order valence-electron chi connectivity index (χ2n) is 18.4. The molecule has 9 rings (SSSR count). The number of hydrogen-bond acceptors (Lipinski definition) is 9. The van der Waals surface area contributed by atoms with E-state index >= 15 is 4.39 Å². The van der Waals surface area contributed by atoms with Crippen LogP contribution < -0.4 is 5.56 Å². The number of allylic oxidation sites excluding steroid dienone is 4. The second kappa shape index (κ2) is 15.9. The van der Waals surface area contributed by atoms with Gasteiger partial charge in [0.15, 0.2) is 28.6 Å². The molecular weight excluding hydrogens is 796 g/mol. The van der Waals surface area contributed by atoms with E-state index < -0.39 is 58.4 Å². The average Bonchev–Trinajstić information content (AvgIpc) is 3.47. The van der Waals surface area contributed by atoms with E-state index in [0.717, 1.165) is 65.0 Å². The molecule has 2 saturated heterocycles. The number of ether oxygens (including phenoxy) is 2. The first-order valence-corrected chi connectivity index (χ1v) is 21.1. The van der Waals surface area contributed by atoms with Crippen LogP contribution in [0.2, 0.25) is 5.02 Å². The first kappa shape index (κ1) is 43.8. The number of benzene rings is 2. The van der Waals surface area contributed by atoms with Crippen molar-refractivity contribution in [2.24, 2.45) is 22.7 Å². The van der Waals surface area contributed by atoms with Gasteiger partial charge in [-0.05, 0) is 128 Å². The molecule has 9 atom stereocenters. The molecule has 2 N–H and O–H groups in total. The minimum Gasteiger partial charge on any atom is -0.390 e. The molecule has 1 aromatic heterocycles. The normalized spacial score (nSPS) is 35.8. The van der Waals surface area contributed by atoms with Crippen molar-refractivity contribution in [1.29, 1.82) is 0 Å². The molecule has 0 amide bonds. The van der Waals surface area contributed by atoms with Gasteiger partial charge in [0.25, 0.3) is 5.56 Å². The molecule has 13 heteroatoms. The maximum Gasteiger partial charge on any atom is 0.274 e. The lowest BCUT2D eigenvalue weighted by Gasteiger charge is -2.62. The zero-order valence-electron chi connectivity index (χ0n) is 34.5. The summed E-state index contributed by atoms with van der Waals surface area (Å²) in [6, 6.07) is 15.8. The number of carbonyl (C=O) groups excluding carboxylic acids is 2. The number of alkyl halides is 1. The van der Waals surface area contributed by atoms with Crippen LogP contribution in [-0.2, 0) is 25.5 Å². The van der Waals surface area contributed by atoms with Crippen LogP contribution in [0.4, 0.5) is 4.39 Å². The molecule has 4 aliphatic carbocycles. The molecule has 10 nitrogen and oxygen atoms in total. The first-order valence-electron chi connectivity index (χ1n) is 20.7. The highest BCUT2D eigenvalue weighted by Crippen LogP contribution is 2.72. The van der Waals surface area contributed by atoms with Gasteiger partial charge in [-0.3, -0.25) is 14.4 Å². The highest BCUT2D eigenvalue weighted by molar-refractivity contribution is 6.30. The van der Waals surface area contributed by atoms with Crippen LogP contribution in [0.1, 0.15) is 89.9 Å². The van der Waals surface area contributed by atoms with Crippen molar-refractivity contribution in [3.63, 3.8) is 0 Å². The summed E-state index contributed by atoms with van der Waals surface area (Å²) < 4.78 is 31.3. The van der Waals surface area contributed by atoms with Gasteiger partial charge in [-0.1, -0.05) is 60.5 Å². The van der Waals surface area contributed by atoms with Crippen LogP contribution in [0.25, 0.3) is 10.8 Å². The summed E-state index contributed by atoms with van der Waals surface area (Å²) in [6.07, 6.45) is 7.73. The molecule has 1 unspecified atom stereocenters. The number of halogens is 3. The topological polar surface area (TPSA) is 131 Å². The highest BCUT2D eigenvalue weighted by atomic mass is 35.5. The highest BCUT2D eigenvalue weighted by Gasteiger charge is 2.80. The molecule has 6 aliphatic rings. The van der Waals surface area contributed by atoms with Gasteiger partial charge in [0.05, 0.1) is 29.3 Å². The number of fused-ring (bicyclic) bond motifs is 8. The predicted molar refractivity (Wildman–Crippen MR) is 226 cm³/mol. The van der Waals surface area contributed by atoms with Crippen LogP contribution in [0.15, 0.2) is 77.1 Å². The summed E-state index contributed by atoms with van der Waals surface area (Å²) in [5.41, 5.74) is -2.54. The smallest absolute Gasteiger partial charge is 0.274 e. The van der Waals surface area contributed by atoms with E-state index in [0.29, 0.717) is 25.7 Å². The molecule has 3 saturated carbocycles. The Kier molecular flexibility index (Phi) is 11.8. The van der Waals surface area contributed by atoms with Crippen LogP contribution in [0, 0.1) is 22.7 Å². The number of nitrogens with zero attached hydrogens (tertiary/aromatic N) is 3. The van der Waals surface area contributed by atoms with E-state index in [9.17, 15) is 24.6 Å². The third-order valence-corrected chi connectivity index (χ3v) is 14.9. The van der Waals surface area contributed by atoms with Gasteiger partial charge in [0, 0.05) is 33.6 Å². The predicted octanol–water partition coefficient (Wildman–Crippen LogP) is 7.14. The van der Waals surface area contributed by atoms with Gasteiger partial charge in [-0.2, -0.15) is 5.10 Å². The van der Waals surface area contributed by atoms with Crippen LogP contribution in [0.5, 0.6) is 0 Å². The van der Waals surface area contributed by atoms with Crippen molar-refractivity contribution < 1.29 is 33.7 Å². The lowest BCUT2D eigenvalue weighted by molar-refractivity contribution is -0.246. The molecule has 3 aromatic rings. The summed E-state index contributed by atoms with van der Waals surface area (Å²) in [7, 11) is 2.14. The second-order valence-corrected chi connectivity index (χ2v) is 18.8. The number of ketones is 2. The van der Waals surface area contributed by atoms with Gasteiger partial charge in [0.2, 0.25) is 0 Å². The number of aliphatic hydroxyl groups is 2. The summed E-state index contributed by atoms with van der Waals surface area (Å²) >= 11 is 6.02. The van der Waals surface area contributed by atoms with Gasteiger partial charge in [-0.25, -0.2) is 9.07 Å². The fourth-order valence-corrected chi connectivity index (χ4v) is 12.0. The molecule has 3 heterocycles. The van der Waals surface area contributed by atoms with Crippen molar-refractivity contribution in [3.05, 3.63) is 99.0 Å². The number of hydrogen-bond donors (Lipinski definition) is 2. The van der Waals surface area contributed by atoms with Gasteiger partial charge in [-0.15, -0.1) is 12.4 Å². The molecule has 0 bridgehead atoms. The monoisotopic (exact) mass is 851 g/mol. The Bertz CT molecular complexity index is 2250. The van der Waals surface area contributed by atoms with Gasteiger partial charge < -0.3 is 24.6 Å². The number of aromatic nitrogens is 2. The van der Waals surface area contributed by atoms with Gasteiger partial charge in [0.1, 0.15) is 6.61 Å². The summed E-state index contributed by atoms with van der Waals surface area (Å²) in [5, 5.41) is 28.5. The Balaban J connectivity index is 0.000000178. The Morgan fingerprint density at radius 3 is 2.42 bits per heavy atom. The van der Waals surface area contributed by atoms with E-state index in [-0.39, 0.29) is 42.1 Å². The minimum absolute atomic E-state index is 0. The Morgan fingerprint density at radius 1 is 1.00 bits per heavy atom. The SMILES string of the molecule is CC1(C)O[C@@H]2C[C@H]3[C@@H]4CCC5=CC(=O)C=C[C@]5(C)[C@@]4(F)[C@@H](O)C[C@]3(C)[C@]2(C(=O)CO)O1.CN1CCCC(n2nc(Cc3ccc(Cl)cc3)c3ccccc3c2=O)CC1.Cl. The number of aliphatic hydroxyl groups excluding tert-OH is 2. The number of rotatable bonds is 5. The zero-order chi connectivity index (χ0) is 41.4. The maximum atomic E-state index is 17.1. The Hall–Kier alpha value is -3.29.